The fraction of sp³-hybridized carbons (Fsp3) is 0.971. The number of ether oxygens (including phenoxy) is 1. The van der Waals surface area contributed by atoms with E-state index in [4.69, 9.17) is 10.5 Å². The van der Waals surface area contributed by atoms with E-state index in [1.54, 1.807) is 0 Å². The Morgan fingerprint density at radius 1 is 0.486 bits per heavy atom. The van der Waals surface area contributed by atoms with Gasteiger partial charge in [0.1, 0.15) is 0 Å². The summed E-state index contributed by atoms with van der Waals surface area (Å²) >= 11 is 0. The minimum atomic E-state index is -0.249. The third-order valence-electron chi connectivity index (χ3n) is 8.08. The minimum Gasteiger partial charge on any atom is -0.464 e. The zero-order valence-electron chi connectivity index (χ0n) is 25.7. The van der Waals surface area contributed by atoms with Crippen LogP contribution in [0.3, 0.4) is 0 Å². The summed E-state index contributed by atoms with van der Waals surface area (Å²) < 4.78 is 5.42. The highest BCUT2D eigenvalue weighted by atomic mass is 16.5. The Morgan fingerprint density at radius 3 is 1.03 bits per heavy atom. The van der Waals surface area contributed by atoms with E-state index in [2.05, 4.69) is 13.8 Å². The van der Waals surface area contributed by atoms with Crippen molar-refractivity contribution in [3.63, 3.8) is 0 Å². The molecule has 0 aromatic heterocycles. The molecule has 1 unspecified atom stereocenters. The van der Waals surface area contributed by atoms with Crippen molar-refractivity contribution in [2.75, 3.05) is 13.2 Å². The molecule has 0 amide bonds. The van der Waals surface area contributed by atoms with Gasteiger partial charge in [-0.2, -0.15) is 0 Å². The van der Waals surface area contributed by atoms with Gasteiger partial charge in [-0.05, 0) is 18.8 Å². The molecule has 0 aliphatic heterocycles. The first-order valence-corrected chi connectivity index (χ1v) is 17.1. The Kier molecular flexibility index (Phi) is 31.2. The molecule has 0 spiro atoms. The summed E-state index contributed by atoms with van der Waals surface area (Å²) in [7, 11) is 0. The van der Waals surface area contributed by atoms with Gasteiger partial charge in [0.15, 0.2) is 0 Å². The van der Waals surface area contributed by atoms with Gasteiger partial charge in [-0.15, -0.1) is 0 Å². The van der Waals surface area contributed by atoms with Crippen molar-refractivity contribution in [2.24, 2.45) is 11.7 Å². The van der Waals surface area contributed by atoms with Crippen LogP contribution in [0.4, 0.5) is 0 Å². The topological polar surface area (TPSA) is 52.3 Å². The molecule has 0 bridgehead atoms. The summed E-state index contributed by atoms with van der Waals surface area (Å²) in [5.74, 6) is 0.275. The lowest BCUT2D eigenvalue weighted by molar-refractivity contribution is -0.143. The van der Waals surface area contributed by atoms with Crippen LogP contribution >= 0.6 is 0 Å². The Balaban J connectivity index is 3.68. The number of hydrogen-bond donors (Lipinski definition) is 1. The third-order valence-corrected chi connectivity index (χ3v) is 8.08. The molecule has 0 radical (unpaired) electrons. The number of rotatable bonds is 31. The number of esters is 1. The Hall–Kier alpha value is -0.570. The molecule has 3 nitrogen and oxygen atoms in total. The van der Waals surface area contributed by atoms with E-state index in [9.17, 15) is 4.79 Å². The van der Waals surface area contributed by atoms with E-state index >= 15 is 0 Å². The van der Waals surface area contributed by atoms with Gasteiger partial charge in [-0.1, -0.05) is 181 Å². The molecule has 0 aliphatic carbocycles. The summed E-state index contributed by atoms with van der Waals surface area (Å²) in [6, 6.07) is 0. The predicted octanol–water partition coefficient (Wildman–Crippen LogP) is 11.1. The van der Waals surface area contributed by atoms with Gasteiger partial charge in [0.2, 0.25) is 0 Å². The molecule has 222 valence electrons. The van der Waals surface area contributed by atoms with Gasteiger partial charge in [0.25, 0.3) is 0 Å². The number of carbonyl (C=O) groups is 1. The maximum atomic E-state index is 11.5. The lowest BCUT2D eigenvalue weighted by Gasteiger charge is -2.17. The number of carbonyl (C=O) groups excluding carboxylic acids is 1. The number of unbranched alkanes of at least 4 members (excludes halogenated alkanes) is 24. The highest BCUT2D eigenvalue weighted by Crippen LogP contribution is 2.20. The summed E-state index contributed by atoms with van der Waals surface area (Å²) in [6.45, 7) is 5.16. The van der Waals surface area contributed by atoms with E-state index < -0.39 is 0 Å². The van der Waals surface area contributed by atoms with Crippen molar-refractivity contribution in [3.05, 3.63) is 0 Å². The SMILES string of the molecule is CCCCCCCCCCCCCCCCC(CCCCCCCCCCCCCC)COC(=O)CN. The van der Waals surface area contributed by atoms with Crippen molar-refractivity contribution in [1.82, 2.24) is 0 Å². The molecule has 0 saturated carbocycles. The quantitative estimate of drug-likeness (QED) is 0.0726. The largest absolute Gasteiger partial charge is 0.464 e. The standard InChI is InChI=1S/C34H69NO2/c1-3-5-7-9-11-13-15-17-18-20-22-24-26-28-30-33(32-37-34(36)31-35)29-27-25-23-21-19-16-14-12-10-8-6-4-2/h33H,3-32,35H2,1-2H3. The lowest BCUT2D eigenvalue weighted by atomic mass is 9.94. The van der Waals surface area contributed by atoms with E-state index in [1.807, 2.05) is 0 Å². The van der Waals surface area contributed by atoms with Gasteiger partial charge in [-0.25, -0.2) is 0 Å². The van der Waals surface area contributed by atoms with E-state index in [-0.39, 0.29) is 12.5 Å². The summed E-state index contributed by atoms with van der Waals surface area (Å²) in [5, 5.41) is 0. The second-order valence-electron chi connectivity index (χ2n) is 11.8. The van der Waals surface area contributed by atoms with Crippen LogP contribution in [-0.4, -0.2) is 19.1 Å². The zero-order chi connectivity index (χ0) is 27.1. The molecule has 0 aromatic carbocycles. The van der Waals surface area contributed by atoms with Crippen LogP contribution < -0.4 is 5.73 Å². The second-order valence-corrected chi connectivity index (χ2v) is 11.8. The Bertz CT molecular complexity index is 440. The average Bonchev–Trinajstić information content (AvgIpc) is 2.91. The van der Waals surface area contributed by atoms with Gasteiger partial charge in [0.05, 0.1) is 13.2 Å². The predicted molar refractivity (Wildman–Crippen MR) is 164 cm³/mol. The zero-order valence-corrected chi connectivity index (χ0v) is 25.7. The van der Waals surface area contributed by atoms with Crippen LogP contribution in [0, 0.1) is 5.92 Å². The Labute approximate surface area is 233 Å². The van der Waals surface area contributed by atoms with Crippen molar-refractivity contribution in [3.8, 4) is 0 Å². The molecule has 0 fully saturated rings. The van der Waals surface area contributed by atoms with Gasteiger partial charge in [0, 0.05) is 0 Å². The maximum absolute atomic E-state index is 11.5. The molecule has 0 aliphatic rings. The first-order chi connectivity index (χ1) is 18.2. The van der Waals surface area contributed by atoms with Crippen LogP contribution in [0.5, 0.6) is 0 Å². The van der Waals surface area contributed by atoms with Gasteiger partial charge < -0.3 is 10.5 Å². The van der Waals surface area contributed by atoms with Crippen LogP contribution in [0.2, 0.25) is 0 Å². The normalized spacial score (nSPS) is 12.2. The molecular weight excluding hydrogens is 454 g/mol. The highest BCUT2D eigenvalue weighted by Gasteiger charge is 2.11. The first kappa shape index (κ1) is 36.4. The molecule has 0 saturated heterocycles. The van der Waals surface area contributed by atoms with Crippen LogP contribution in [-0.2, 0) is 9.53 Å². The fourth-order valence-electron chi connectivity index (χ4n) is 5.48. The van der Waals surface area contributed by atoms with Gasteiger partial charge in [-0.3, -0.25) is 4.79 Å². The van der Waals surface area contributed by atoms with Gasteiger partial charge >= 0.3 is 5.97 Å². The summed E-state index contributed by atoms with van der Waals surface area (Å²) in [4.78, 5) is 11.5. The maximum Gasteiger partial charge on any atom is 0.319 e. The minimum absolute atomic E-state index is 0.00415. The third kappa shape index (κ3) is 29.8. The number of nitrogens with two attached hydrogens (primary N) is 1. The monoisotopic (exact) mass is 524 g/mol. The summed E-state index contributed by atoms with van der Waals surface area (Å²) in [6.07, 6.45) is 38.7. The Morgan fingerprint density at radius 2 is 0.757 bits per heavy atom. The van der Waals surface area contributed by atoms with Crippen molar-refractivity contribution in [1.29, 1.82) is 0 Å². The van der Waals surface area contributed by atoms with Crippen LogP contribution in [0.1, 0.15) is 194 Å². The number of hydrogen-bond acceptors (Lipinski definition) is 3. The fourth-order valence-corrected chi connectivity index (χ4v) is 5.48. The molecule has 1 atom stereocenters. The molecule has 2 N–H and O–H groups in total. The van der Waals surface area contributed by atoms with Crippen molar-refractivity contribution >= 4 is 5.97 Å². The van der Waals surface area contributed by atoms with Crippen molar-refractivity contribution in [2.45, 2.75) is 194 Å². The molecule has 37 heavy (non-hydrogen) atoms. The first-order valence-electron chi connectivity index (χ1n) is 17.1. The molecule has 0 heterocycles. The summed E-state index contributed by atoms with van der Waals surface area (Å²) in [5.41, 5.74) is 5.43. The molecule has 0 rings (SSSR count). The smallest absolute Gasteiger partial charge is 0.319 e. The molecule has 3 heteroatoms. The molecular formula is C34H69NO2. The van der Waals surface area contributed by atoms with E-state index in [0.29, 0.717) is 12.5 Å². The van der Waals surface area contributed by atoms with Crippen LogP contribution in [0.15, 0.2) is 0 Å². The van der Waals surface area contributed by atoms with Crippen molar-refractivity contribution < 1.29 is 9.53 Å². The lowest BCUT2D eigenvalue weighted by Crippen LogP contribution is -2.21. The average molecular weight is 524 g/mol. The second kappa shape index (κ2) is 31.6. The molecule has 0 aromatic rings. The van der Waals surface area contributed by atoms with E-state index in [0.717, 1.165) is 0 Å². The van der Waals surface area contributed by atoms with E-state index in [1.165, 1.54) is 180 Å². The highest BCUT2D eigenvalue weighted by molar-refractivity contribution is 5.71. The van der Waals surface area contributed by atoms with Crippen LogP contribution in [0.25, 0.3) is 0 Å².